The van der Waals surface area contributed by atoms with Crippen molar-refractivity contribution in [1.82, 2.24) is 0 Å². The molecule has 0 saturated carbocycles. The molecule has 2 rings (SSSR count). The summed E-state index contributed by atoms with van der Waals surface area (Å²) in [5.41, 5.74) is 1.23. The van der Waals surface area contributed by atoms with Gasteiger partial charge >= 0.3 is 0 Å². The van der Waals surface area contributed by atoms with Crippen LogP contribution in [0.1, 0.15) is 19.4 Å². The molecule has 0 amide bonds. The van der Waals surface area contributed by atoms with Gasteiger partial charge in [0, 0.05) is 4.75 Å². The topological polar surface area (TPSA) is 18.5 Å². The maximum absolute atomic E-state index is 5.31. The average Bonchev–Trinajstić information content (AvgIpc) is 2.47. The molecule has 0 aromatic heterocycles. The highest BCUT2D eigenvalue weighted by atomic mass is 32.1. The minimum atomic E-state index is 0.00764. The molecule has 1 aromatic rings. The van der Waals surface area contributed by atoms with Crippen LogP contribution in [0.4, 0.5) is 0 Å². The zero-order valence-electron chi connectivity index (χ0n) is 8.41. The number of ether oxygens (including phenoxy) is 2. The van der Waals surface area contributed by atoms with Gasteiger partial charge in [0.05, 0.1) is 0 Å². The molecule has 1 aliphatic heterocycles. The Hall–Kier alpha value is -0.830. The van der Waals surface area contributed by atoms with Gasteiger partial charge in [0.15, 0.2) is 11.5 Å². The van der Waals surface area contributed by atoms with E-state index < -0.39 is 0 Å². The Labute approximate surface area is 89.6 Å². The molecular formula is C11H14O2S. The Balaban J connectivity index is 2.21. The molecule has 0 saturated heterocycles. The molecule has 0 fully saturated rings. The summed E-state index contributed by atoms with van der Waals surface area (Å²) in [6, 6.07) is 6.04. The van der Waals surface area contributed by atoms with E-state index in [1.165, 1.54) is 5.56 Å². The van der Waals surface area contributed by atoms with E-state index in [4.69, 9.17) is 9.47 Å². The molecule has 0 radical (unpaired) electrons. The third kappa shape index (κ3) is 2.15. The molecule has 1 aliphatic rings. The standard InChI is InChI=1S/C11H14O2S/c1-11(2,14)6-8-3-4-9-10(5-8)13-7-12-9/h3-5,14H,6-7H2,1-2H3. The monoisotopic (exact) mass is 210 g/mol. The van der Waals surface area contributed by atoms with E-state index in [0.29, 0.717) is 6.79 Å². The molecule has 1 heterocycles. The molecule has 3 heteroatoms. The van der Waals surface area contributed by atoms with E-state index in [1.54, 1.807) is 0 Å². The minimum Gasteiger partial charge on any atom is -0.454 e. The van der Waals surface area contributed by atoms with Gasteiger partial charge in [-0.1, -0.05) is 19.9 Å². The number of thiol groups is 1. The Kier molecular flexibility index (Phi) is 2.35. The van der Waals surface area contributed by atoms with E-state index >= 15 is 0 Å². The van der Waals surface area contributed by atoms with Gasteiger partial charge in [-0.3, -0.25) is 0 Å². The van der Waals surface area contributed by atoms with Crippen LogP contribution in [-0.2, 0) is 6.42 Å². The highest BCUT2D eigenvalue weighted by molar-refractivity contribution is 7.81. The smallest absolute Gasteiger partial charge is 0.231 e. The fourth-order valence-corrected chi connectivity index (χ4v) is 1.73. The summed E-state index contributed by atoms with van der Waals surface area (Å²) in [6.45, 7) is 4.53. The van der Waals surface area contributed by atoms with Crippen molar-refractivity contribution in [1.29, 1.82) is 0 Å². The maximum Gasteiger partial charge on any atom is 0.231 e. The number of hydrogen-bond acceptors (Lipinski definition) is 3. The van der Waals surface area contributed by atoms with Crippen LogP contribution in [0.5, 0.6) is 11.5 Å². The normalized spacial score (nSPS) is 14.5. The molecule has 0 atom stereocenters. The Bertz CT molecular complexity index is 342. The van der Waals surface area contributed by atoms with E-state index in [-0.39, 0.29) is 4.75 Å². The van der Waals surface area contributed by atoms with Gasteiger partial charge in [-0.05, 0) is 24.1 Å². The van der Waals surface area contributed by atoms with Crippen molar-refractivity contribution in [3.63, 3.8) is 0 Å². The first-order valence-corrected chi connectivity index (χ1v) is 5.10. The second-order valence-corrected chi connectivity index (χ2v) is 5.39. The predicted octanol–water partition coefficient (Wildman–Crippen LogP) is 2.67. The number of hydrogen-bond donors (Lipinski definition) is 1. The number of rotatable bonds is 2. The second kappa shape index (κ2) is 3.39. The van der Waals surface area contributed by atoms with E-state index in [0.717, 1.165) is 17.9 Å². The summed E-state index contributed by atoms with van der Waals surface area (Å²) in [7, 11) is 0. The highest BCUT2D eigenvalue weighted by Gasteiger charge is 2.17. The van der Waals surface area contributed by atoms with Gasteiger partial charge in [0.25, 0.3) is 0 Å². The lowest BCUT2D eigenvalue weighted by molar-refractivity contribution is 0.174. The molecule has 76 valence electrons. The van der Waals surface area contributed by atoms with Crippen LogP contribution in [0.25, 0.3) is 0 Å². The summed E-state index contributed by atoms with van der Waals surface area (Å²) in [4.78, 5) is 0. The summed E-state index contributed by atoms with van der Waals surface area (Å²) >= 11 is 4.50. The van der Waals surface area contributed by atoms with Crippen molar-refractivity contribution in [2.75, 3.05) is 6.79 Å². The van der Waals surface area contributed by atoms with Crippen LogP contribution >= 0.6 is 12.6 Å². The van der Waals surface area contributed by atoms with Crippen molar-refractivity contribution >= 4 is 12.6 Å². The highest BCUT2D eigenvalue weighted by Crippen LogP contribution is 2.33. The zero-order chi connectivity index (χ0) is 10.2. The lowest BCUT2D eigenvalue weighted by Gasteiger charge is -2.17. The fraction of sp³-hybridized carbons (Fsp3) is 0.455. The summed E-state index contributed by atoms with van der Waals surface area (Å²) in [5, 5.41) is 0. The number of benzene rings is 1. The summed E-state index contributed by atoms with van der Waals surface area (Å²) in [5.74, 6) is 1.69. The first-order chi connectivity index (χ1) is 6.54. The number of fused-ring (bicyclic) bond motifs is 1. The van der Waals surface area contributed by atoms with E-state index in [2.05, 4.69) is 32.5 Å². The lowest BCUT2D eigenvalue weighted by Crippen LogP contribution is -2.13. The Morgan fingerprint density at radius 1 is 1.29 bits per heavy atom. The predicted molar refractivity (Wildman–Crippen MR) is 59.3 cm³/mol. The van der Waals surface area contributed by atoms with Gasteiger partial charge in [-0.15, -0.1) is 0 Å². The average molecular weight is 210 g/mol. The lowest BCUT2D eigenvalue weighted by atomic mass is 10.0. The molecule has 0 N–H and O–H groups in total. The van der Waals surface area contributed by atoms with Gasteiger partial charge in [0.2, 0.25) is 6.79 Å². The molecular weight excluding hydrogens is 196 g/mol. The van der Waals surface area contributed by atoms with Crippen LogP contribution in [0.2, 0.25) is 0 Å². The van der Waals surface area contributed by atoms with Gasteiger partial charge in [-0.25, -0.2) is 0 Å². The molecule has 14 heavy (non-hydrogen) atoms. The zero-order valence-corrected chi connectivity index (χ0v) is 9.30. The first kappa shape index (κ1) is 9.71. The molecule has 0 aliphatic carbocycles. The molecule has 0 spiro atoms. The van der Waals surface area contributed by atoms with Crippen LogP contribution in [0.3, 0.4) is 0 Å². The quantitative estimate of drug-likeness (QED) is 0.756. The van der Waals surface area contributed by atoms with Crippen LogP contribution in [-0.4, -0.2) is 11.5 Å². The summed E-state index contributed by atoms with van der Waals surface area (Å²) in [6.07, 6.45) is 0.923. The summed E-state index contributed by atoms with van der Waals surface area (Å²) < 4.78 is 10.6. The third-order valence-corrected chi connectivity index (χ3v) is 2.23. The third-order valence-electron chi connectivity index (χ3n) is 2.07. The van der Waals surface area contributed by atoms with Crippen molar-refractivity contribution < 1.29 is 9.47 Å². The Morgan fingerprint density at radius 3 is 2.71 bits per heavy atom. The SMILES string of the molecule is CC(C)(S)Cc1ccc2c(c1)OCO2. The van der Waals surface area contributed by atoms with Crippen LogP contribution in [0, 0.1) is 0 Å². The van der Waals surface area contributed by atoms with Crippen molar-refractivity contribution in [3.05, 3.63) is 23.8 Å². The minimum absolute atomic E-state index is 0.00764. The van der Waals surface area contributed by atoms with Gasteiger partial charge in [-0.2, -0.15) is 12.6 Å². The maximum atomic E-state index is 5.31. The first-order valence-electron chi connectivity index (χ1n) is 4.65. The molecule has 0 unspecified atom stereocenters. The largest absolute Gasteiger partial charge is 0.454 e. The van der Waals surface area contributed by atoms with Crippen molar-refractivity contribution in [3.8, 4) is 11.5 Å². The molecule has 2 nitrogen and oxygen atoms in total. The molecule has 0 bridgehead atoms. The Morgan fingerprint density at radius 2 is 2.00 bits per heavy atom. The van der Waals surface area contributed by atoms with Crippen LogP contribution in [0.15, 0.2) is 18.2 Å². The van der Waals surface area contributed by atoms with E-state index in [1.807, 2.05) is 12.1 Å². The van der Waals surface area contributed by atoms with Crippen LogP contribution < -0.4 is 9.47 Å². The van der Waals surface area contributed by atoms with Gasteiger partial charge in [0.1, 0.15) is 0 Å². The second-order valence-electron chi connectivity index (χ2n) is 4.18. The van der Waals surface area contributed by atoms with Crippen molar-refractivity contribution in [2.24, 2.45) is 0 Å². The molecule has 1 aromatic carbocycles. The van der Waals surface area contributed by atoms with Crippen molar-refractivity contribution in [2.45, 2.75) is 25.0 Å². The fourth-order valence-electron chi connectivity index (χ4n) is 1.55. The van der Waals surface area contributed by atoms with Gasteiger partial charge < -0.3 is 9.47 Å². The van der Waals surface area contributed by atoms with E-state index in [9.17, 15) is 0 Å².